The summed E-state index contributed by atoms with van der Waals surface area (Å²) in [5.41, 5.74) is 1.17. The molecule has 8 nitrogen and oxygen atoms in total. The number of hydrogen-bond acceptors (Lipinski definition) is 6. The SMILES string of the molecule is CCN(CC(=O)Nc1ccc(OC)c(OC)c1)S(=O)(=O)c1ccc(OC)c(C)c1. The van der Waals surface area contributed by atoms with Crippen molar-refractivity contribution in [2.75, 3.05) is 39.7 Å². The summed E-state index contributed by atoms with van der Waals surface area (Å²) in [5.74, 6) is 1.11. The molecule has 0 radical (unpaired) electrons. The molecule has 2 rings (SSSR count). The van der Waals surface area contributed by atoms with Gasteiger partial charge in [0.1, 0.15) is 5.75 Å². The van der Waals surface area contributed by atoms with Crippen LogP contribution >= 0.6 is 0 Å². The van der Waals surface area contributed by atoms with Crippen LogP contribution in [0.2, 0.25) is 0 Å². The number of benzene rings is 2. The molecule has 2 aromatic rings. The molecule has 0 saturated heterocycles. The third-order valence-electron chi connectivity index (χ3n) is 4.34. The number of nitrogens with zero attached hydrogens (tertiary/aromatic N) is 1. The first-order valence-corrected chi connectivity index (χ1v) is 10.4. The molecule has 0 unspecified atom stereocenters. The van der Waals surface area contributed by atoms with Crippen LogP contribution in [-0.4, -0.2) is 53.0 Å². The van der Waals surface area contributed by atoms with E-state index in [0.717, 1.165) is 4.31 Å². The molecule has 0 fully saturated rings. The van der Waals surface area contributed by atoms with E-state index in [2.05, 4.69) is 5.32 Å². The van der Waals surface area contributed by atoms with E-state index >= 15 is 0 Å². The van der Waals surface area contributed by atoms with Gasteiger partial charge in [0.05, 0.1) is 32.8 Å². The van der Waals surface area contributed by atoms with Gasteiger partial charge in [-0.05, 0) is 42.8 Å². The second-order valence-electron chi connectivity index (χ2n) is 6.18. The quantitative estimate of drug-likeness (QED) is 0.668. The normalized spacial score (nSPS) is 11.2. The predicted octanol–water partition coefficient (Wildman–Crippen LogP) is 2.67. The van der Waals surface area contributed by atoms with Gasteiger partial charge in [-0.25, -0.2) is 8.42 Å². The largest absolute Gasteiger partial charge is 0.496 e. The van der Waals surface area contributed by atoms with Gasteiger partial charge in [0.15, 0.2) is 11.5 Å². The summed E-state index contributed by atoms with van der Waals surface area (Å²) < 4.78 is 42.6. The van der Waals surface area contributed by atoms with Gasteiger partial charge >= 0.3 is 0 Å². The Balaban J connectivity index is 2.18. The Morgan fingerprint density at radius 3 is 2.14 bits per heavy atom. The molecule has 0 heterocycles. The smallest absolute Gasteiger partial charge is 0.243 e. The number of hydrogen-bond donors (Lipinski definition) is 1. The van der Waals surface area contributed by atoms with Gasteiger partial charge in [-0.15, -0.1) is 0 Å². The summed E-state index contributed by atoms with van der Waals surface area (Å²) in [7, 11) is 0.691. The highest BCUT2D eigenvalue weighted by atomic mass is 32.2. The molecule has 0 spiro atoms. The number of amides is 1. The van der Waals surface area contributed by atoms with Gasteiger partial charge in [-0.1, -0.05) is 6.92 Å². The molecule has 0 aliphatic heterocycles. The topological polar surface area (TPSA) is 94.2 Å². The molecule has 1 N–H and O–H groups in total. The maximum absolute atomic E-state index is 13.0. The van der Waals surface area contributed by atoms with Crippen LogP contribution in [-0.2, 0) is 14.8 Å². The van der Waals surface area contributed by atoms with Gasteiger partial charge in [0.2, 0.25) is 15.9 Å². The Morgan fingerprint density at radius 1 is 0.966 bits per heavy atom. The Hall–Kier alpha value is -2.78. The number of carbonyl (C=O) groups excluding carboxylic acids is 1. The van der Waals surface area contributed by atoms with E-state index in [1.165, 1.54) is 33.5 Å². The van der Waals surface area contributed by atoms with Crippen molar-refractivity contribution in [2.24, 2.45) is 0 Å². The molecule has 2 aromatic carbocycles. The zero-order chi connectivity index (χ0) is 21.6. The lowest BCUT2D eigenvalue weighted by Crippen LogP contribution is -2.37. The standard InChI is InChI=1S/C20H26N2O6S/c1-6-22(29(24,25)16-8-10-17(26-3)14(2)11-16)13-20(23)21-15-7-9-18(27-4)19(12-15)28-5/h7-12H,6,13H2,1-5H3,(H,21,23). The van der Waals surface area contributed by atoms with E-state index < -0.39 is 15.9 Å². The first-order chi connectivity index (χ1) is 13.8. The van der Waals surface area contributed by atoms with E-state index in [4.69, 9.17) is 14.2 Å². The van der Waals surface area contributed by atoms with Crippen LogP contribution in [0, 0.1) is 6.92 Å². The van der Waals surface area contributed by atoms with E-state index in [1.807, 2.05) is 0 Å². The van der Waals surface area contributed by atoms with Crippen molar-refractivity contribution in [3.05, 3.63) is 42.0 Å². The zero-order valence-corrected chi connectivity index (χ0v) is 18.0. The first-order valence-electron chi connectivity index (χ1n) is 8.93. The molecule has 0 aliphatic carbocycles. The Kier molecular flexibility index (Phi) is 7.46. The van der Waals surface area contributed by atoms with Crippen molar-refractivity contribution < 1.29 is 27.4 Å². The molecule has 0 atom stereocenters. The van der Waals surface area contributed by atoms with Crippen molar-refractivity contribution in [2.45, 2.75) is 18.7 Å². The molecular formula is C20H26N2O6S. The molecule has 0 aromatic heterocycles. The van der Waals surface area contributed by atoms with Crippen LogP contribution < -0.4 is 19.5 Å². The van der Waals surface area contributed by atoms with Crippen LogP contribution in [0.1, 0.15) is 12.5 Å². The minimum atomic E-state index is -3.84. The van der Waals surface area contributed by atoms with Crippen LogP contribution in [0.3, 0.4) is 0 Å². The summed E-state index contributed by atoms with van der Waals surface area (Å²) in [6.07, 6.45) is 0. The molecule has 1 amide bonds. The van der Waals surface area contributed by atoms with E-state index in [1.54, 1.807) is 38.1 Å². The second-order valence-corrected chi connectivity index (χ2v) is 8.12. The Morgan fingerprint density at radius 2 is 1.59 bits per heavy atom. The van der Waals surface area contributed by atoms with Crippen LogP contribution in [0.4, 0.5) is 5.69 Å². The Labute approximate surface area is 171 Å². The fourth-order valence-corrected chi connectivity index (χ4v) is 4.29. The first kappa shape index (κ1) is 22.5. The second kappa shape index (κ2) is 9.62. The lowest BCUT2D eigenvalue weighted by Gasteiger charge is -2.21. The van der Waals surface area contributed by atoms with Crippen molar-refractivity contribution in [1.82, 2.24) is 4.31 Å². The van der Waals surface area contributed by atoms with Crippen molar-refractivity contribution in [3.63, 3.8) is 0 Å². The van der Waals surface area contributed by atoms with Gasteiger partial charge in [0.25, 0.3) is 0 Å². The van der Waals surface area contributed by atoms with Crippen molar-refractivity contribution in [3.8, 4) is 17.2 Å². The summed E-state index contributed by atoms with van der Waals surface area (Å²) in [5, 5.41) is 2.69. The number of ether oxygens (including phenoxy) is 3. The number of carbonyl (C=O) groups is 1. The van der Waals surface area contributed by atoms with Gasteiger partial charge in [-0.3, -0.25) is 4.79 Å². The van der Waals surface area contributed by atoms with Crippen molar-refractivity contribution in [1.29, 1.82) is 0 Å². The summed E-state index contributed by atoms with van der Waals surface area (Å²) in [6, 6.07) is 9.51. The lowest BCUT2D eigenvalue weighted by molar-refractivity contribution is -0.116. The third-order valence-corrected chi connectivity index (χ3v) is 6.26. The highest BCUT2D eigenvalue weighted by Gasteiger charge is 2.26. The Bertz CT molecular complexity index is 975. The number of aryl methyl sites for hydroxylation is 1. The third kappa shape index (κ3) is 5.18. The maximum Gasteiger partial charge on any atom is 0.243 e. The number of likely N-dealkylation sites (N-methyl/N-ethyl adjacent to an activating group) is 1. The van der Waals surface area contributed by atoms with E-state index in [9.17, 15) is 13.2 Å². The molecule has 9 heteroatoms. The summed E-state index contributed by atoms with van der Waals surface area (Å²) in [6.45, 7) is 3.26. The molecule has 0 saturated carbocycles. The summed E-state index contributed by atoms with van der Waals surface area (Å²) in [4.78, 5) is 12.6. The molecule has 0 bridgehead atoms. The molecule has 29 heavy (non-hydrogen) atoms. The lowest BCUT2D eigenvalue weighted by atomic mass is 10.2. The number of rotatable bonds is 9. The molecular weight excluding hydrogens is 396 g/mol. The monoisotopic (exact) mass is 422 g/mol. The number of sulfonamides is 1. The predicted molar refractivity (Wildman–Crippen MR) is 110 cm³/mol. The van der Waals surface area contributed by atoms with E-state index in [-0.39, 0.29) is 18.0 Å². The molecule has 0 aliphatic rings. The number of anilines is 1. The highest BCUT2D eigenvalue weighted by molar-refractivity contribution is 7.89. The number of methoxy groups -OCH3 is 3. The fraction of sp³-hybridized carbons (Fsp3) is 0.350. The zero-order valence-electron chi connectivity index (χ0n) is 17.2. The molecule has 158 valence electrons. The highest BCUT2D eigenvalue weighted by Crippen LogP contribution is 2.30. The number of nitrogens with one attached hydrogen (secondary N) is 1. The minimum absolute atomic E-state index is 0.108. The van der Waals surface area contributed by atoms with Crippen LogP contribution in [0.5, 0.6) is 17.2 Å². The van der Waals surface area contributed by atoms with Gasteiger partial charge in [0, 0.05) is 18.3 Å². The average molecular weight is 423 g/mol. The maximum atomic E-state index is 13.0. The fourth-order valence-electron chi connectivity index (χ4n) is 2.80. The minimum Gasteiger partial charge on any atom is -0.496 e. The van der Waals surface area contributed by atoms with Crippen LogP contribution in [0.25, 0.3) is 0 Å². The van der Waals surface area contributed by atoms with Gasteiger partial charge in [-0.2, -0.15) is 4.31 Å². The summed E-state index contributed by atoms with van der Waals surface area (Å²) >= 11 is 0. The van der Waals surface area contributed by atoms with Crippen LogP contribution in [0.15, 0.2) is 41.3 Å². The average Bonchev–Trinajstić information content (AvgIpc) is 2.71. The van der Waals surface area contributed by atoms with E-state index in [0.29, 0.717) is 28.5 Å². The van der Waals surface area contributed by atoms with Crippen molar-refractivity contribution >= 4 is 21.6 Å². The van der Waals surface area contributed by atoms with Gasteiger partial charge < -0.3 is 19.5 Å².